The SMILES string of the molecule is CCCNC(C)CC(C)Sc1cccc(F)c1. The summed E-state index contributed by atoms with van der Waals surface area (Å²) >= 11 is 1.74. The lowest BCUT2D eigenvalue weighted by Crippen LogP contribution is -2.29. The van der Waals surface area contributed by atoms with Gasteiger partial charge in [-0.3, -0.25) is 0 Å². The molecule has 0 spiro atoms. The first-order chi connectivity index (χ1) is 8.11. The Morgan fingerprint density at radius 3 is 2.76 bits per heavy atom. The van der Waals surface area contributed by atoms with Crippen molar-refractivity contribution in [3.63, 3.8) is 0 Å². The Morgan fingerprint density at radius 1 is 1.35 bits per heavy atom. The molecule has 0 aromatic heterocycles. The highest BCUT2D eigenvalue weighted by Crippen LogP contribution is 2.26. The largest absolute Gasteiger partial charge is 0.314 e. The van der Waals surface area contributed by atoms with Crippen LogP contribution >= 0.6 is 11.8 Å². The van der Waals surface area contributed by atoms with E-state index in [1.54, 1.807) is 23.9 Å². The van der Waals surface area contributed by atoms with E-state index >= 15 is 0 Å². The number of halogens is 1. The van der Waals surface area contributed by atoms with Crippen molar-refractivity contribution in [2.24, 2.45) is 0 Å². The summed E-state index contributed by atoms with van der Waals surface area (Å²) in [5, 5.41) is 3.97. The van der Waals surface area contributed by atoms with E-state index in [4.69, 9.17) is 0 Å². The summed E-state index contributed by atoms with van der Waals surface area (Å²) in [4.78, 5) is 1.01. The fourth-order valence-electron chi connectivity index (χ4n) is 1.79. The number of rotatable bonds is 7. The minimum absolute atomic E-state index is 0.153. The molecular formula is C14H22FNS. The Hall–Kier alpha value is -0.540. The molecule has 0 amide bonds. The summed E-state index contributed by atoms with van der Waals surface area (Å²) in [6, 6.07) is 7.34. The summed E-state index contributed by atoms with van der Waals surface area (Å²) in [5.41, 5.74) is 0. The van der Waals surface area contributed by atoms with Crippen molar-refractivity contribution >= 4 is 11.8 Å². The molecule has 17 heavy (non-hydrogen) atoms. The van der Waals surface area contributed by atoms with Crippen LogP contribution in [-0.2, 0) is 0 Å². The van der Waals surface area contributed by atoms with E-state index < -0.39 is 0 Å². The van der Waals surface area contributed by atoms with Crippen LogP contribution in [0.4, 0.5) is 4.39 Å². The lowest BCUT2D eigenvalue weighted by atomic mass is 10.2. The van der Waals surface area contributed by atoms with Crippen LogP contribution in [0.2, 0.25) is 0 Å². The van der Waals surface area contributed by atoms with Crippen molar-refractivity contribution in [3.8, 4) is 0 Å². The molecule has 0 bridgehead atoms. The number of thioether (sulfide) groups is 1. The molecule has 1 aromatic carbocycles. The third-order valence-corrected chi connectivity index (χ3v) is 3.68. The summed E-state index contributed by atoms with van der Waals surface area (Å²) in [6.45, 7) is 7.64. The highest BCUT2D eigenvalue weighted by Gasteiger charge is 2.09. The zero-order valence-corrected chi connectivity index (χ0v) is 11.7. The molecule has 1 N–H and O–H groups in total. The first kappa shape index (κ1) is 14.5. The zero-order valence-electron chi connectivity index (χ0n) is 10.9. The number of benzene rings is 1. The van der Waals surface area contributed by atoms with E-state index in [-0.39, 0.29) is 5.82 Å². The predicted octanol–water partition coefficient (Wildman–Crippen LogP) is 4.08. The minimum atomic E-state index is -0.153. The summed E-state index contributed by atoms with van der Waals surface area (Å²) in [6.07, 6.45) is 2.26. The maximum atomic E-state index is 13.0. The standard InChI is InChI=1S/C14H22FNS/c1-4-8-16-11(2)9-12(3)17-14-7-5-6-13(15)10-14/h5-7,10-12,16H,4,8-9H2,1-3H3. The van der Waals surface area contributed by atoms with Gasteiger partial charge in [0, 0.05) is 16.2 Å². The fraction of sp³-hybridized carbons (Fsp3) is 0.571. The van der Waals surface area contributed by atoms with Crippen LogP contribution in [-0.4, -0.2) is 17.8 Å². The molecule has 1 rings (SSSR count). The highest BCUT2D eigenvalue weighted by molar-refractivity contribution is 7.99. The molecule has 0 saturated heterocycles. The maximum Gasteiger partial charge on any atom is 0.124 e. The van der Waals surface area contributed by atoms with Gasteiger partial charge in [-0.25, -0.2) is 4.39 Å². The van der Waals surface area contributed by atoms with E-state index in [0.29, 0.717) is 11.3 Å². The van der Waals surface area contributed by atoms with Crippen molar-refractivity contribution < 1.29 is 4.39 Å². The van der Waals surface area contributed by atoms with Gasteiger partial charge in [0.25, 0.3) is 0 Å². The first-order valence-corrected chi connectivity index (χ1v) is 7.15. The average Bonchev–Trinajstić information content (AvgIpc) is 2.26. The zero-order chi connectivity index (χ0) is 12.7. The molecule has 0 radical (unpaired) electrons. The Bertz CT molecular complexity index is 330. The second-order valence-electron chi connectivity index (χ2n) is 4.48. The molecule has 0 aliphatic carbocycles. The Kier molecular flexibility index (Phi) is 6.60. The van der Waals surface area contributed by atoms with Crippen molar-refractivity contribution in [2.45, 2.75) is 49.8 Å². The average molecular weight is 255 g/mol. The second kappa shape index (κ2) is 7.72. The van der Waals surface area contributed by atoms with E-state index in [1.165, 1.54) is 6.07 Å². The Morgan fingerprint density at radius 2 is 2.12 bits per heavy atom. The van der Waals surface area contributed by atoms with Gasteiger partial charge in [0.05, 0.1) is 0 Å². The van der Waals surface area contributed by atoms with Crippen LogP contribution in [0.25, 0.3) is 0 Å². The smallest absolute Gasteiger partial charge is 0.124 e. The molecule has 0 heterocycles. The van der Waals surface area contributed by atoms with Crippen molar-refractivity contribution in [1.29, 1.82) is 0 Å². The topological polar surface area (TPSA) is 12.0 Å². The molecule has 0 aliphatic heterocycles. The Balaban J connectivity index is 2.36. The third-order valence-electron chi connectivity index (χ3n) is 2.56. The van der Waals surface area contributed by atoms with E-state index in [9.17, 15) is 4.39 Å². The monoisotopic (exact) mass is 255 g/mol. The summed E-state index contributed by atoms with van der Waals surface area (Å²) in [7, 11) is 0. The Labute approximate surface area is 108 Å². The van der Waals surface area contributed by atoms with Crippen LogP contribution in [0, 0.1) is 5.82 Å². The van der Waals surface area contributed by atoms with Crippen LogP contribution in [0.1, 0.15) is 33.6 Å². The summed E-state index contributed by atoms with van der Waals surface area (Å²) in [5.74, 6) is -0.153. The molecule has 0 fully saturated rings. The normalized spacial score (nSPS) is 14.6. The number of hydrogen-bond acceptors (Lipinski definition) is 2. The van der Waals surface area contributed by atoms with Gasteiger partial charge >= 0.3 is 0 Å². The van der Waals surface area contributed by atoms with E-state index in [2.05, 4.69) is 26.1 Å². The molecule has 2 atom stereocenters. The van der Waals surface area contributed by atoms with Crippen molar-refractivity contribution in [2.75, 3.05) is 6.54 Å². The minimum Gasteiger partial charge on any atom is -0.314 e. The lowest BCUT2D eigenvalue weighted by molar-refractivity contribution is 0.513. The van der Waals surface area contributed by atoms with Gasteiger partial charge < -0.3 is 5.32 Å². The van der Waals surface area contributed by atoms with Crippen LogP contribution < -0.4 is 5.32 Å². The first-order valence-electron chi connectivity index (χ1n) is 6.27. The van der Waals surface area contributed by atoms with Crippen LogP contribution in [0.5, 0.6) is 0 Å². The van der Waals surface area contributed by atoms with Gasteiger partial charge in [0.1, 0.15) is 5.82 Å². The second-order valence-corrected chi connectivity index (χ2v) is 5.99. The van der Waals surface area contributed by atoms with Crippen LogP contribution in [0.15, 0.2) is 29.2 Å². The van der Waals surface area contributed by atoms with Gasteiger partial charge in [-0.05, 0) is 44.5 Å². The van der Waals surface area contributed by atoms with Gasteiger partial charge in [-0.1, -0.05) is 19.9 Å². The molecule has 0 aliphatic rings. The van der Waals surface area contributed by atoms with Gasteiger partial charge in [-0.2, -0.15) is 0 Å². The number of nitrogens with one attached hydrogen (secondary N) is 1. The lowest BCUT2D eigenvalue weighted by Gasteiger charge is -2.18. The van der Waals surface area contributed by atoms with Crippen molar-refractivity contribution in [1.82, 2.24) is 5.32 Å². The molecule has 96 valence electrons. The van der Waals surface area contributed by atoms with Crippen LogP contribution in [0.3, 0.4) is 0 Å². The molecular weight excluding hydrogens is 233 g/mol. The van der Waals surface area contributed by atoms with Gasteiger partial charge in [0.15, 0.2) is 0 Å². The molecule has 1 nitrogen and oxygen atoms in total. The molecule has 2 unspecified atom stereocenters. The molecule has 3 heteroatoms. The van der Waals surface area contributed by atoms with E-state index in [0.717, 1.165) is 24.3 Å². The predicted molar refractivity (Wildman–Crippen MR) is 74.1 cm³/mol. The van der Waals surface area contributed by atoms with Gasteiger partial charge in [-0.15, -0.1) is 11.8 Å². The quantitative estimate of drug-likeness (QED) is 0.737. The number of hydrogen-bond donors (Lipinski definition) is 1. The molecule has 0 saturated carbocycles. The molecule has 1 aromatic rings. The van der Waals surface area contributed by atoms with Crippen molar-refractivity contribution in [3.05, 3.63) is 30.1 Å². The highest BCUT2D eigenvalue weighted by atomic mass is 32.2. The summed E-state index contributed by atoms with van der Waals surface area (Å²) < 4.78 is 13.0. The van der Waals surface area contributed by atoms with E-state index in [1.807, 2.05) is 6.07 Å². The third kappa shape index (κ3) is 6.08. The van der Waals surface area contributed by atoms with Gasteiger partial charge in [0.2, 0.25) is 0 Å². The maximum absolute atomic E-state index is 13.0. The fourth-order valence-corrected chi connectivity index (χ4v) is 2.98.